The number of aromatic nitrogens is 2. The van der Waals surface area contributed by atoms with Gasteiger partial charge in [0.15, 0.2) is 0 Å². The van der Waals surface area contributed by atoms with E-state index in [1.54, 1.807) is 12.1 Å². The topological polar surface area (TPSA) is 102 Å². The van der Waals surface area contributed by atoms with Crippen LogP contribution < -0.4 is 10.0 Å². The van der Waals surface area contributed by atoms with Crippen molar-refractivity contribution in [2.45, 2.75) is 43.7 Å². The molecule has 0 saturated heterocycles. The Balaban J connectivity index is 1.56. The molecular weight excluding hydrogens is 416 g/mol. The zero-order valence-electron chi connectivity index (χ0n) is 17.4. The van der Waals surface area contributed by atoms with Gasteiger partial charge in [0, 0.05) is 31.4 Å². The Morgan fingerprint density at radius 3 is 2.77 bits per heavy atom. The van der Waals surface area contributed by atoms with Crippen molar-refractivity contribution in [3.8, 4) is 0 Å². The second kappa shape index (κ2) is 9.17. The Bertz CT molecular complexity index is 1190. The van der Waals surface area contributed by atoms with Gasteiger partial charge >= 0.3 is 0 Å². The smallest absolute Gasteiger partial charge is 0.258 e. The Morgan fingerprint density at radius 2 is 2.00 bits per heavy atom. The molecule has 1 aromatic heterocycles. The van der Waals surface area contributed by atoms with E-state index in [1.165, 1.54) is 12.1 Å². The fourth-order valence-corrected chi connectivity index (χ4v) is 4.68. The molecule has 0 radical (unpaired) electrons. The highest BCUT2D eigenvalue weighted by molar-refractivity contribution is 7.89. The summed E-state index contributed by atoms with van der Waals surface area (Å²) >= 11 is 0. The molecule has 2 N–H and O–H groups in total. The third-order valence-corrected chi connectivity index (χ3v) is 6.58. The largest absolute Gasteiger partial charge is 0.382 e. The Hall–Kier alpha value is -2.75. The van der Waals surface area contributed by atoms with Gasteiger partial charge in [-0.25, -0.2) is 18.1 Å². The summed E-state index contributed by atoms with van der Waals surface area (Å²) in [7, 11) is -3.64. The summed E-state index contributed by atoms with van der Waals surface area (Å²) in [6.07, 6.45) is 2.47. The lowest BCUT2D eigenvalue weighted by Gasteiger charge is -2.11. The van der Waals surface area contributed by atoms with Crippen molar-refractivity contribution in [2.24, 2.45) is 0 Å². The number of hydrogen-bond acceptors (Lipinski definition) is 5. The van der Waals surface area contributed by atoms with Crippen LogP contribution in [0.1, 0.15) is 36.5 Å². The molecule has 3 aromatic rings. The molecule has 31 heavy (non-hydrogen) atoms. The third-order valence-electron chi connectivity index (χ3n) is 5.06. The fourth-order valence-electron chi connectivity index (χ4n) is 3.33. The number of carbonyl (C=O) groups excluding carboxylic acids is 1. The molecule has 1 saturated carbocycles. The van der Waals surface area contributed by atoms with Crippen LogP contribution in [0.5, 0.6) is 0 Å². The lowest BCUT2D eigenvalue weighted by molar-refractivity contribution is 0.102. The molecule has 0 spiro atoms. The molecule has 0 bridgehead atoms. The number of nitrogens with zero attached hydrogens (tertiary/aromatic N) is 2. The molecule has 8 nitrogen and oxygen atoms in total. The number of ether oxygens (including phenoxy) is 1. The normalized spacial score (nSPS) is 14.1. The predicted molar refractivity (Wildman–Crippen MR) is 119 cm³/mol. The molecule has 0 atom stereocenters. The number of carbonyl (C=O) groups is 1. The van der Waals surface area contributed by atoms with Crippen molar-refractivity contribution < 1.29 is 17.9 Å². The average Bonchev–Trinajstić information content (AvgIpc) is 3.50. The molecule has 2 aromatic carbocycles. The Morgan fingerprint density at radius 1 is 1.19 bits per heavy atom. The number of imidazole rings is 1. The van der Waals surface area contributed by atoms with E-state index in [0.29, 0.717) is 25.7 Å². The van der Waals surface area contributed by atoms with E-state index in [0.717, 1.165) is 30.3 Å². The summed E-state index contributed by atoms with van der Waals surface area (Å²) in [6, 6.07) is 13.7. The van der Waals surface area contributed by atoms with Crippen LogP contribution in [-0.2, 0) is 21.3 Å². The van der Waals surface area contributed by atoms with Gasteiger partial charge in [-0.05, 0) is 56.5 Å². The van der Waals surface area contributed by atoms with Crippen molar-refractivity contribution in [3.05, 3.63) is 54.1 Å². The van der Waals surface area contributed by atoms with E-state index < -0.39 is 15.9 Å². The van der Waals surface area contributed by atoms with Gasteiger partial charge in [-0.3, -0.25) is 10.1 Å². The van der Waals surface area contributed by atoms with E-state index in [9.17, 15) is 13.2 Å². The SMILES string of the molecule is CCOCCCn1c(NC(=O)c2cccc(S(=O)(=O)NC3CC3)c2)nc2ccccc21. The molecule has 164 valence electrons. The number of para-hydroxylation sites is 2. The van der Waals surface area contributed by atoms with E-state index in [2.05, 4.69) is 15.0 Å². The number of anilines is 1. The third kappa shape index (κ3) is 5.12. The fraction of sp³-hybridized carbons (Fsp3) is 0.364. The number of hydrogen-bond donors (Lipinski definition) is 2. The van der Waals surface area contributed by atoms with Crippen molar-refractivity contribution in [1.82, 2.24) is 14.3 Å². The van der Waals surface area contributed by atoms with Crippen molar-refractivity contribution in [3.63, 3.8) is 0 Å². The summed E-state index contributed by atoms with van der Waals surface area (Å²) < 4.78 is 35.0. The first-order valence-electron chi connectivity index (χ1n) is 10.4. The molecule has 1 fully saturated rings. The van der Waals surface area contributed by atoms with Crippen LogP contribution in [-0.4, -0.2) is 43.1 Å². The molecule has 1 aliphatic rings. The van der Waals surface area contributed by atoms with Crippen LogP contribution in [0.4, 0.5) is 5.95 Å². The average molecular weight is 443 g/mol. The number of sulfonamides is 1. The molecule has 1 heterocycles. The maximum atomic E-state index is 12.9. The van der Waals surface area contributed by atoms with Crippen LogP contribution in [0, 0.1) is 0 Å². The van der Waals surface area contributed by atoms with E-state index in [1.807, 2.05) is 35.8 Å². The lowest BCUT2D eigenvalue weighted by atomic mass is 10.2. The van der Waals surface area contributed by atoms with Gasteiger partial charge in [-0.1, -0.05) is 18.2 Å². The highest BCUT2D eigenvalue weighted by Gasteiger charge is 2.28. The molecule has 0 aliphatic heterocycles. The lowest BCUT2D eigenvalue weighted by Crippen LogP contribution is -2.26. The van der Waals surface area contributed by atoms with Crippen molar-refractivity contribution in [2.75, 3.05) is 18.5 Å². The number of benzene rings is 2. The highest BCUT2D eigenvalue weighted by Crippen LogP contribution is 2.23. The van der Waals surface area contributed by atoms with Crippen LogP contribution in [0.25, 0.3) is 11.0 Å². The summed E-state index contributed by atoms with van der Waals surface area (Å²) in [5.41, 5.74) is 1.95. The molecule has 1 aliphatic carbocycles. The minimum absolute atomic E-state index is 0.000854. The summed E-state index contributed by atoms with van der Waals surface area (Å²) in [6.45, 7) is 3.86. The van der Waals surface area contributed by atoms with Crippen molar-refractivity contribution in [1.29, 1.82) is 0 Å². The summed E-state index contributed by atoms with van der Waals surface area (Å²) in [5.74, 6) is 0.0110. The van der Waals surface area contributed by atoms with Gasteiger partial charge in [0.1, 0.15) is 0 Å². The zero-order valence-corrected chi connectivity index (χ0v) is 18.2. The van der Waals surface area contributed by atoms with Crippen LogP contribution in [0.15, 0.2) is 53.4 Å². The second-order valence-electron chi connectivity index (χ2n) is 7.50. The number of aryl methyl sites for hydroxylation is 1. The van der Waals surface area contributed by atoms with Gasteiger partial charge < -0.3 is 9.30 Å². The first kappa shape index (κ1) is 21.5. The van der Waals surface area contributed by atoms with Gasteiger partial charge in [-0.15, -0.1) is 0 Å². The van der Waals surface area contributed by atoms with Crippen molar-refractivity contribution >= 4 is 32.9 Å². The van der Waals surface area contributed by atoms with Gasteiger partial charge in [-0.2, -0.15) is 0 Å². The molecule has 4 rings (SSSR count). The minimum Gasteiger partial charge on any atom is -0.382 e. The van der Waals surface area contributed by atoms with E-state index in [4.69, 9.17) is 4.74 Å². The summed E-state index contributed by atoms with van der Waals surface area (Å²) in [5, 5.41) is 2.85. The quantitative estimate of drug-likeness (QED) is 0.470. The van der Waals surface area contributed by atoms with Crippen LogP contribution in [0.2, 0.25) is 0 Å². The number of amides is 1. The molecule has 0 unspecified atom stereocenters. The van der Waals surface area contributed by atoms with Gasteiger partial charge in [0.2, 0.25) is 16.0 Å². The van der Waals surface area contributed by atoms with E-state index in [-0.39, 0.29) is 16.5 Å². The number of nitrogens with one attached hydrogen (secondary N) is 2. The second-order valence-corrected chi connectivity index (χ2v) is 9.22. The van der Waals surface area contributed by atoms with Crippen LogP contribution in [0.3, 0.4) is 0 Å². The summed E-state index contributed by atoms with van der Waals surface area (Å²) in [4.78, 5) is 17.6. The standard InChI is InChI=1S/C22H26N4O4S/c1-2-30-14-6-13-26-20-10-4-3-9-19(20)23-22(26)24-21(27)16-7-5-8-18(15-16)31(28,29)25-17-11-12-17/h3-5,7-10,15,17,25H,2,6,11-14H2,1H3,(H,23,24,27). The molecule has 9 heteroatoms. The first-order valence-corrected chi connectivity index (χ1v) is 11.9. The maximum Gasteiger partial charge on any atom is 0.258 e. The van der Waals surface area contributed by atoms with Crippen LogP contribution >= 0.6 is 0 Å². The highest BCUT2D eigenvalue weighted by atomic mass is 32.2. The monoisotopic (exact) mass is 442 g/mol. The zero-order chi connectivity index (χ0) is 21.8. The number of fused-ring (bicyclic) bond motifs is 1. The Kier molecular flexibility index (Phi) is 6.35. The first-order chi connectivity index (χ1) is 15.0. The molecule has 1 amide bonds. The maximum absolute atomic E-state index is 12.9. The van der Waals surface area contributed by atoms with Gasteiger partial charge in [0.05, 0.1) is 15.9 Å². The Labute approximate surface area is 181 Å². The minimum atomic E-state index is -3.64. The predicted octanol–water partition coefficient (Wildman–Crippen LogP) is 3.16. The van der Waals surface area contributed by atoms with E-state index >= 15 is 0 Å². The molecular formula is C22H26N4O4S. The van der Waals surface area contributed by atoms with Gasteiger partial charge in [0.25, 0.3) is 5.91 Å². The number of rotatable bonds is 10.